The summed E-state index contributed by atoms with van der Waals surface area (Å²) in [5.74, 6) is 5.26. The summed E-state index contributed by atoms with van der Waals surface area (Å²) in [4.78, 5) is 4.69. The van der Waals surface area contributed by atoms with Gasteiger partial charge in [0, 0.05) is 43.3 Å². The van der Waals surface area contributed by atoms with E-state index in [0.717, 1.165) is 66.8 Å². The second-order valence-electron chi connectivity index (χ2n) is 13.7. The minimum atomic E-state index is -0.326. The van der Waals surface area contributed by atoms with Crippen LogP contribution in [0, 0.1) is 6.92 Å². The summed E-state index contributed by atoms with van der Waals surface area (Å²) >= 11 is 0. The van der Waals surface area contributed by atoms with Gasteiger partial charge in [0.25, 0.3) is 0 Å². The van der Waals surface area contributed by atoms with Gasteiger partial charge in [-0.05, 0) is 110 Å². The zero-order valence-electron chi connectivity index (χ0n) is 30.0. The van der Waals surface area contributed by atoms with E-state index in [1.807, 2.05) is 18.2 Å². The Labute approximate surface area is 295 Å². The number of aliphatic hydroxyl groups is 1. The number of fused-ring (bicyclic) bond motifs is 3. The third-order valence-corrected chi connectivity index (χ3v) is 10.6. The number of nitrogens with zero attached hydrogens (tertiary/aromatic N) is 2. The van der Waals surface area contributed by atoms with Gasteiger partial charge in [-0.2, -0.15) is 0 Å². The van der Waals surface area contributed by atoms with Gasteiger partial charge in [-0.3, -0.25) is 9.80 Å². The fourth-order valence-electron chi connectivity index (χ4n) is 7.81. The minimum Gasteiger partial charge on any atom is -0.493 e. The van der Waals surface area contributed by atoms with E-state index in [1.54, 1.807) is 28.4 Å². The lowest BCUT2D eigenvalue weighted by Crippen LogP contribution is -2.35. The SMILES string of the molecule is COc1ccc2cc1Oc1ccc(cc1)CCc1cc(c(OC)cc1C)Oc1c(OC)c(OC)c(CN3CCC(O)C3)c3c1C(C2)N(C)CC3. The van der Waals surface area contributed by atoms with Crippen LogP contribution >= 0.6 is 0 Å². The van der Waals surface area contributed by atoms with Gasteiger partial charge in [-0.1, -0.05) is 18.2 Å². The molecule has 4 aliphatic rings. The molecule has 0 saturated carbocycles. The molecule has 4 aromatic rings. The highest BCUT2D eigenvalue weighted by Gasteiger charge is 2.37. The number of ether oxygens (including phenoxy) is 6. The number of hydrogen-bond acceptors (Lipinski definition) is 9. The van der Waals surface area contributed by atoms with Crippen LogP contribution in [0.25, 0.3) is 0 Å². The molecule has 0 aromatic heterocycles. The van der Waals surface area contributed by atoms with Crippen LogP contribution in [0.3, 0.4) is 0 Å². The fourth-order valence-corrected chi connectivity index (χ4v) is 7.81. The van der Waals surface area contributed by atoms with E-state index < -0.39 is 0 Å². The summed E-state index contributed by atoms with van der Waals surface area (Å²) in [5, 5.41) is 10.4. The Bertz CT molecular complexity index is 1860. The zero-order chi connectivity index (χ0) is 34.9. The second-order valence-corrected chi connectivity index (χ2v) is 13.7. The molecular formula is C41H48N2O7. The molecule has 264 valence electrons. The molecule has 6 bridgehead atoms. The third kappa shape index (κ3) is 6.57. The molecule has 2 atom stereocenters. The number of methoxy groups -OCH3 is 4. The average molecular weight is 681 g/mol. The molecule has 4 aromatic carbocycles. The Morgan fingerprint density at radius 2 is 1.52 bits per heavy atom. The summed E-state index contributed by atoms with van der Waals surface area (Å²) in [6.07, 6.45) is 3.61. The van der Waals surface area contributed by atoms with Gasteiger partial charge in [0.1, 0.15) is 5.75 Å². The van der Waals surface area contributed by atoms with Gasteiger partial charge in [0.15, 0.2) is 34.5 Å². The molecule has 0 aliphatic carbocycles. The molecule has 4 aliphatic heterocycles. The molecule has 2 unspecified atom stereocenters. The van der Waals surface area contributed by atoms with E-state index >= 15 is 0 Å². The van der Waals surface area contributed by atoms with Crippen molar-refractivity contribution in [2.45, 2.75) is 57.7 Å². The maximum absolute atomic E-state index is 10.4. The van der Waals surface area contributed by atoms with Crippen molar-refractivity contribution in [1.82, 2.24) is 9.80 Å². The van der Waals surface area contributed by atoms with Crippen LogP contribution in [-0.4, -0.2) is 76.1 Å². The summed E-state index contributed by atoms with van der Waals surface area (Å²) in [6.45, 7) is 5.07. The molecule has 9 heteroatoms. The third-order valence-electron chi connectivity index (χ3n) is 10.6. The number of rotatable bonds is 6. The molecule has 0 radical (unpaired) electrons. The van der Waals surface area contributed by atoms with Crippen molar-refractivity contribution in [1.29, 1.82) is 0 Å². The lowest BCUT2D eigenvalue weighted by atomic mass is 9.84. The number of aryl methyl sites for hydroxylation is 3. The summed E-state index contributed by atoms with van der Waals surface area (Å²) in [7, 11) is 8.90. The molecule has 8 rings (SSSR count). The number of hydrogen-bond donors (Lipinski definition) is 1. The van der Waals surface area contributed by atoms with E-state index in [9.17, 15) is 5.11 Å². The predicted octanol–water partition coefficient (Wildman–Crippen LogP) is 7.05. The Balaban J connectivity index is 1.46. The smallest absolute Gasteiger partial charge is 0.204 e. The van der Waals surface area contributed by atoms with E-state index in [4.69, 9.17) is 28.4 Å². The van der Waals surface area contributed by atoms with E-state index in [0.29, 0.717) is 59.8 Å². The number of aliphatic hydroxyl groups excluding tert-OH is 1. The van der Waals surface area contributed by atoms with Crippen LogP contribution < -0.4 is 28.4 Å². The maximum atomic E-state index is 10.4. The Hall–Kier alpha value is -4.44. The van der Waals surface area contributed by atoms with Crippen molar-refractivity contribution in [3.8, 4) is 46.0 Å². The number of likely N-dealkylation sites (tertiary alicyclic amines) is 1. The molecule has 1 fully saturated rings. The molecule has 0 spiro atoms. The Kier molecular flexibility index (Phi) is 9.82. The predicted molar refractivity (Wildman–Crippen MR) is 193 cm³/mol. The van der Waals surface area contributed by atoms with Gasteiger partial charge in [-0.15, -0.1) is 0 Å². The lowest BCUT2D eigenvalue weighted by Gasteiger charge is -2.38. The molecule has 4 heterocycles. The fraction of sp³-hybridized carbons (Fsp3) is 0.415. The highest BCUT2D eigenvalue weighted by atomic mass is 16.5. The van der Waals surface area contributed by atoms with Gasteiger partial charge >= 0.3 is 0 Å². The van der Waals surface area contributed by atoms with Crippen LogP contribution in [0.4, 0.5) is 0 Å². The zero-order valence-corrected chi connectivity index (χ0v) is 30.0. The minimum absolute atomic E-state index is 0.0631. The number of β-amino-alcohol motifs (C(OH)–C–C–N with tert-alkyl or cyclic N) is 1. The maximum Gasteiger partial charge on any atom is 0.204 e. The van der Waals surface area contributed by atoms with E-state index in [-0.39, 0.29) is 12.1 Å². The first kappa shape index (κ1) is 34.0. The van der Waals surface area contributed by atoms with Crippen LogP contribution in [0.2, 0.25) is 0 Å². The molecular weight excluding hydrogens is 632 g/mol. The van der Waals surface area contributed by atoms with Crippen molar-refractivity contribution in [3.63, 3.8) is 0 Å². The van der Waals surface area contributed by atoms with Crippen LogP contribution in [0.15, 0.2) is 54.6 Å². The normalized spacial score (nSPS) is 19.1. The lowest BCUT2D eigenvalue weighted by molar-refractivity contribution is 0.173. The van der Waals surface area contributed by atoms with Gasteiger partial charge in [0.05, 0.1) is 34.5 Å². The highest BCUT2D eigenvalue weighted by Crippen LogP contribution is 2.53. The highest BCUT2D eigenvalue weighted by molar-refractivity contribution is 5.67. The van der Waals surface area contributed by atoms with E-state index in [2.05, 4.69) is 60.2 Å². The quantitative estimate of drug-likeness (QED) is 0.230. The first-order chi connectivity index (χ1) is 24.3. The van der Waals surface area contributed by atoms with Crippen molar-refractivity contribution in [2.75, 3.05) is 55.1 Å². The molecule has 1 N–H and O–H groups in total. The van der Waals surface area contributed by atoms with E-state index in [1.165, 1.54) is 16.7 Å². The molecule has 9 nitrogen and oxygen atoms in total. The molecule has 0 amide bonds. The van der Waals surface area contributed by atoms with Crippen molar-refractivity contribution >= 4 is 0 Å². The second kappa shape index (κ2) is 14.4. The first-order valence-corrected chi connectivity index (χ1v) is 17.5. The van der Waals surface area contributed by atoms with Crippen LogP contribution in [0.5, 0.6) is 46.0 Å². The molecule has 50 heavy (non-hydrogen) atoms. The number of likely N-dealkylation sites (N-methyl/N-ethyl adjacent to an activating group) is 1. The van der Waals surface area contributed by atoms with Crippen molar-refractivity contribution in [2.24, 2.45) is 0 Å². The summed E-state index contributed by atoms with van der Waals surface area (Å²) < 4.78 is 37.7. The monoisotopic (exact) mass is 680 g/mol. The first-order valence-electron chi connectivity index (χ1n) is 17.5. The van der Waals surface area contributed by atoms with Crippen LogP contribution in [-0.2, 0) is 32.2 Å². The summed E-state index contributed by atoms with van der Waals surface area (Å²) in [5.41, 5.74) is 7.99. The Morgan fingerprint density at radius 1 is 0.780 bits per heavy atom. The average Bonchev–Trinajstić information content (AvgIpc) is 3.54. The number of benzene rings is 4. The molecule has 1 saturated heterocycles. The van der Waals surface area contributed by atoms with Crippen molar-refractivity contribution in [3.05, 3.63) is 93.5 Å². The Morgan fingerprint density at radius 3 is 2.22 bits per heavy atom. The van der Waals surface area contributed by atoms with Crippen LogP contribution in [0.1, 0.15) is 51.4 Å². The largest absolute Gasteiger partial charge is 0.493 e. The van der Waals surface area contributed by atoms with Crippen molar-refractivity contribution < 1.29 is 33.5 Å². The van der Waals surface area contributed by atoms with Gasteiger partial charge in [-0.25, -0.2) is 0 Å². The van der Waals surface area contributed by atoms with Gasteiger partial charge in [0.2, 0.25) is 5.75 Å². The standard InChI is InChI=1S/C41H48N2O7/c1-25-19-35(46-4)37-22-28(25)11-7-26-8-12-30(13-9-26)49-36-21-27(10-14-34(36)45-3)20-33-38-31(16-17-42(33)2)32(24-43-18-15-29(44)23-43)39(47-5)41(48-6)40(38)50-37/h8-10,12-14,19,21-22,29,33,44H,7,11,15-18,20,23-24H2,1-6H3. The topological polar surface area (TPSA) is 82.1 Å². The summed E-state index contributed by atoms with van der Waals surface area (Å²) in [6, 6.07) is 18.6. The van der Waals surface area contributed by atoms with Gasteiger partial charge < -0.3 is 33.5 Å².